The molecule has 0 aliphatic heterocycles. The Balaban J connectivity index is 3.50. The maximum Gasteiger partial charge on any atom is 0.255 e. The maximum absolute atomic E-state index is 13.0. The van der Waals surface area contributed by atoms with Gasteiger partial charge in [0.1, 0.15) is 5.02 Å². The summed E-state index contributed by atoms with van der Waals surface area (Å²) in [6.45, 7) is 0. The molecule has 0 unspecified atom stereocenters. The van der Waals surface area contributed by atoms with Crippen LogP contribution in [0.2, 0.25) is 10.0 Å². The highest BCUT2D eigenvalue weighted by molar-refractivity contribution is 6.68. The molecule has 1 rings (SSSR count). The highest BCUT2D eigenvalue weighted by Crippen LogP contribution is 2.29. The second-order valence-electron chi connectivity index (χ2n) is 2.12. The summed E-state index contributed by atoms with van der Waals surface area (Å²) in [5, 5.41) is -2.37. The zero-order valence-corrected chi connectivity index (χ0v) is 8.14. The lowest BCUT2D eigenvalue weighted by Crippen LogP contribution is -1.98. The number of carbonyl (C=O) groups is 1. The fourth-order valence-corrected chi connectivity index (χ4v) is 1.31. The van der Waals surface area contributed by atoms with Crippen LogP contribution in [0, 0.1) is 11.6 Å². The lowest BCUT2D eigenvalue weighted by Gasteiger charge is -2.02. The summed E-state index contributed by atoms with van der Waals surface area (Å²) in [5.41, 5.74) is -0.543. The van der Waals surface area contributed by atoms with Crippen LogP contribution in [0.1, 0.15) is 10.4 Å². The molecule has 0 aliphatic rings. The molecule has 13 heavy (non-hydrogen) atoms. The molecule has 0 aliphatic carbocycles. The predicted octanol–water partition coefficient (Wildman–Crippen LogP) is 3.65. The van der Waals surface area contributed by atoms with Gasteiger partial charge in [-0.1, -0.05) is 23.2 Å². The van der Waals surface area contributed by atoms with Crippen molar-refractivity contribution in [1.29, 1.82) is 0 Å². The Morgan fingerprint density at radius 3 is 2.23 bits per heavy atom. The first-order valence-electron chi connectivity index (χ1n) is 2.98. The molecule has 0 saturated carbocycles. The monoisotopic (exact) mass is 244 g/mol. The average Bonchev–Trinajstić information content (AvgIpc) is 2.07. The molecule has 0 heterocycles. The van der Waals surface area contributed by atoms with E-state index in [-0.39, 0.29) is 0 Å². The molecule has 0 spiro atoms. The molecule has 0 atom stereocenters. The van der Waals surface area contributed by atoms with Crippen molar-refractivity contribution < 1.29 is 13.6 Å². The molecular formula is C7HCl3F2O. The summed E-state index contributed by atoms with van der Waals surface area (Å²) in [6.07, 6.45) is 0. The van der Waals surface area contributed by atoms with Gasteiger partial charge in [-0.2, -0.15) is 0 Å². The van der Waals surface area contributed by atoms with E-state index in [1.54, 1.807) is 0 Å². The molecule has 0 bridgehead atoms. The minimum Gasteiger partial charge on any atom is -0.275 e. The predicted molar refractivity (Wildman–Crippen MR) is 46.6 cm³/mol. The molecule has 1 aromatic rings. The van der Waals surface area contributed by atoms with Crippen LogP contribution >= 0.6 is 34.8 Å². The molecule has 0 N–H and O–H groups in total. The van der Waals surface area contributed by atoms with E-state index in [0.717, 1.165) is 6.07 Å². The highest BCUT2D eigenvalue weighted by Gasteiger charge is 2.19. The van der Waals surface area contributed by atoms with Gasteiger partial charge in [-0.3, -0.25) is 4.79 Å². The normalized spacial score (nSPS) is 10.2. The minimum atomic E-state index is -1.21. The number of rotatable bonds is 1. The molecular weight excluding hydrogens is 244 g/mol. The SMILES string of the molecule is O=C(Cl)c1cc(Cl)c(F)c(Cl)c1F. The molecule has 6 heteroatoms. The molecule has 0 aromatic heterocycles. The Morgan fingerprint density at radius 1 is 1.23 bits per heavy atom. The number of benzene rings is 1. The molecule has 0 fully saturated rings. The van der Waals surface area contributed by atoms with E-state index in [1.807, 2.05) is 0 Å². The number of carbonyl (C=O) groups excluding carboxylic acids is 1. The van der Waals surface area contributed by atoms with Crippen LogP contribution in [0.4, 0.5) is 8.78 Å². The summed E-state index contributed by atoms with van der Waals surface area (Å²) < 4.78 is 25.7. The average molecular weight is 245 g/mol. The van der Waals surface area contributed by atoms with Crippen molar-refractivity contribution in [2.24, 2.45) is 0 Å². The van der Waals surface area contributed by atoms with Crippen molar-refractivity contribution in [2.45, 2.75) is 0 Å². The van der Waals surface area contributed by atoms with E-state index in [9.17, 15) is 13.6 Å². The van der Waals surface area contributed by atoms with Crippen LogP contribution in [0.5, 0.6) is 0 Å². The minimum absolute atomic E-state index is 0.449. The first kappa shape index (κ1) is 10.7. The van der Waals surface area contributed by atoms with Crippen molar-refractivity contribution in [3.63, 3.8) is 0 Å². The third-order valence-electron chi connectivity index (χ3n) is 1.31. The van der Waals surface area contributed by atoms with Gasteiger partial charge in [0.25, 0.3) is 5.24 Å². The third-order valence-corrected chi connectivity index (χ3v) is 2.12. The van der Waals surface area contributed by atoms with Crippen molar-refractivity contribution in [2.75, 3.05) is 0 Å². The lowest BCUT2D eigenvalue weighted by atomic mass is 10.2. The van der Waals surface area contributed by atoms with Gasteiger partial charge < -0.3 is 0 Å². The third kappa shape index (κ3) is 1.93. The zero-order valence-electron chi connectivity index (χ0n) is 5.88. The summed E-state index contributed by atoms with van der Waals surface area (Å²) in [6, 6.07) is 0.785. The van der Waals surface area contributed by atoms with Gasteiger partial charge in [0.15, 0.2) is 11.6 Å². The Kier molecular flexibility index (Phi) is 3.11. The second kappa shape index (κ2) is 3.78. The van der Waals surface area contributed by atoms with Crippen LogP contribution in [0.15, 0.2) is 6.07 Å². The van der Waals surface area contributed by atoms with E-state index >= 15 is 0 Å². The van der Waals surface area contributed by atoms with Crippen molar-refractivity contribution in [3.05, 3.63) is 33.3 Å². The molecule has 0 radical (unpaired) electrons. The molecule has 1 nitrogen and oxygen atoms in total. The first-order valence-corrected chi connectivity index (χ1v) is 4.11. The zero-order chi connectivity index (χ0) is 10.2. The van der Waals surface area contributed by atoms with Crippen LogP contribution < -0.4 is 0 Å². The van der Waals surface area contributed by atoms with E-state index < -0.39 is 32.5 Å². The van der Waals surface area contributed by atoms with Gasteiger partial charge in [-0.05, 0) is 17.7 Å². The van der Waals surface area contributed by atoms with Crippen molar-refractivity contribution in [1.82, 2.24) is 0 Å². The topological polar surface area (TPSA) is 17.1 Å². The molecule has 0 amide bonds. The van der Waals surface area contributed by atoms with E-state index in [0.29, 0.717) is 0 Å². The van der Waals surface area contributed by atoms with Crippen LogP contribution in [0.25, 0.3) is 0 Å². The molecule has 70 valence electrons. The van der Waals surface area contributed by atoms with Crippen molar-refractivity contribution in [3.8, 4) is 0 Å². The second-order valence-corrected chi connectivity index (χ2v) is 3.25. The first-order chi connectivity index (χ1) is 5.95. The Morgan fingerprint density at radius 2 is 1.77 bits per heavy atom. The van der Waals surface area contributed by atoms with Gasteiger partial charge in [0.2, 0.25) is 0 Å². The van der Waals surface area contributed by atoms with Crippen LogP contribution in [0.3, 0.4) is 0 Å². The fourth-order valence-electron chi connectivity index (χ4n) is 0.716. The summed E-state index contributed by atoms with van der Waals surface area (Å²) >= 11 is 15.5. The Labute approximate surface area is 87.2 Å². The lowest BCUT2D eigenvalue weighted by molar-refractivity contribution is 0.107. The summed E-state index contributed by atoms with van der Waals surface area (Å²) in [4.78, 5) is 10.6. The molecule has 0 saturated heterocycles. The number of hydrogen-bond acceptors (Lipinski definition) is 1. The van der Waals surface area contributed by atoms with Crippen molar-refractivity contribution >= 4 is 40.0 Å². The molecule has 1 aromatic carbocycles. The van der Waals surface area contributed by atoms with Gasteiger partial charge >= 0.3 is 0 Å². The quantitative estimate of drug-likeness (QED) is 0.419. The van der Waals surface area contributed by atoms with E-state index in [4.69, 9.17) is 34.8 Å². The Bertz CT molecular complexity index is 378. The largest absolute Gasteiger partial charge is 0.275 e. The van der Waals surface area contributed by atoms with E-state index in [2.05, 4.69) is 0 Å². The number of halogens is 5. The standard InChI is InChI=1S/C7HCl3F2O/c8-3-1-2(7(10)13)5(11)4(9)6(3)12/h1H. The van der Waals surface area contributed by atoms with Gasteiger partial charge in [0.05, 0.1) is 10.6 Å². The van der Waals surface area contributed by atoms with Gasteiger partial charge in [-0.25, -0.2) is 8.78 Å². The van der Waals surface area contributed by atoms with Gasteiger partial charge in [0, 0.05) is 0 Å². The summed E-state index contributed by atoms with van der Waals surface area (Å²) in [7, 11) is 0. The Hall–Kier alpha value is -0.380. The van der Waals surface area contributed by atoms with Crippen LogP contribution in [-0.4, -0.2) is 5.24 Å². The van der Waals surface area contributed by atoms with E-state index in [1.165, 1.54) is 0 Å². The summed E-state index contributed by atoms with van der Waals surface area (Å²) in [5.74, 6) is -2.31. The van der Waals surface area contributed by atoms with Crippen LogP contribution in [-0.2, 0) is 0 Å². The highest BCUT2D eigenvalue weighted by atomic mass is 35.5. The fraction of sp³-hybridized carbons (Fsp3) is 0. The maximum atomic E-state index is 13.0. The smallest absolute Gasteiger partial charge is 0.255 e. The number of hydrogen-bond donors (Lipinski definition) is 0. The van der Waals surface area contributed by atoms with Gasteiger partial charge in [-0.15, -0.1) is 0 Å².